The topological polar surface area (TPSA) is 81.7 Å². The Labute approximate surface area is 126 Å². The molecule has 0 fully saturated rings. The molecule has 0 aromatic carbocycles. The molecule has 0 atom stereocenters. The summed E-state index contributed by atoms with van der Waals surface area (Å²) in [6.45, 7) is 10.8. The van der Waals surface area contributed by atoms with Crippen molar-refractivity contribution in [1.29, 1.82) is 0 Å². The fourth-order valence-corrected chi connectivity index (χ4v) is 1.21. The molecule has 0 saturated carbocycles. The van der Waals surface area contributed by atoms with Gasteiger partial charge in [-0.2, -0.15) is 0 Å². The Morgan fingerprint density at radius 2 is 1.52 bits per heavy atom. The molecule has 6 heteroatoms. The smallest absolute Gasteiger partial charge is 0.407 e. The molecule has 0 aromatic rings. The van der Waals surface area contributed by atoms with Gasteiger partial charge in [0, 0.05) is 13.0 Å². The summed E-state index contributed by atoms with van der Waals surface area (Å²) in [5.74, 6) is -1.06. The van der Waals surface area contributed by atoms with Crippen molar-refractivity contribution in [2.75, 3.05) is 6.54 Å². The summed E-state index contributed by atoms with van der Waals surface area (Å²) in [4.78, 5) is 34.2. The van der Waals surface area contributed by atoms with Gasteiger partial charge in [-0.05, 0) is 54.4 Å². The number of alkyl carbamates (subject to hydrolysis) is 1. The summed E-state index contributed by atoms with van der Waals surface area (Å²) in [5.41, 5.74) is -1.21. The number of hydrogen-bond acceptors (Lipinski definition) is 5. The molecule has 0 saturated heterocycles. The molecular weight excluding hydrogens is 274 g/mol. The van der Waals surface area contributed by atoms with Crippen LogP contribution in [0.5, 0.6) is 0 Å². The number of esters is 2. The van der Waals surface area contributed by atoms with E-state index in [1.165, 1.54) is 0 Å². The zero-order valence-electron chi connectivity index (χ0n) is 13.9. The van der Waals surface area contributed by atoms with Gasteiger partial charge in [0.2, 0.25) is 0 Å². The number of unbranched alkanes of at least 4 members (excludes halogenated alkanes) is 1. The number of carbonyl (C=O) groups excluding carboxylic acids is 3. The van der Waals surface area contributed by atoms with E-state index in [0.717, 1.165) is 0 Å². The molecule has 6 nitrogen and oxygen atoms in total. The molecule has 0 heterocycles. The number of ether oxygens (including phenoxy) is 2. The van der Waals surface area contributed by atoms with Crippen LogP contribution >= 0.6 is 0 Å². The Kier molecular flexibility index (Phi) is 7.39. The van der Waals surface area contributed by atoms with Gasteiger partial charge in [-0.3, -0.25) is 9.59 Å². The average molecular weight is 301 g/mol. The third-order valence-corrected chi connectivity index (χ3v) is 2.29. The van der Waals surface area contributed by atoms with Crippen molar-refractivity contribution in [3.05, 3.63) is 0 Å². The molecule has 0 unspecified atom stereocenters. The molecule has 1 N–H and O–H groups in total. The van der Waals surface area contributed by atoms with Crippen molar-refractivity contribution >= 4 is 18.0 Å². The monoisotopic (exact) mass is 301 g/mol. The highest BCUT2D eigenvalue weighted by molar-refractivity contribution is 5.88. The Hall–Kier alpha value is -1.59. The predicted molar refractivity (Wildman–Crippen MR) is 78.6 cm³/mol. The first kappa shape index (κ1) is 19.4. The van der Waals surface area contributed by atoms with Gasteiger partial charge in [-0.15, -0.1) is 0 Å². The van der Waals surface area contributed by atoms with Crippen LogP contribution in [0.3, 0.4) is 0 Å². The number of nitrogens with one attached hydrogen (secondary N) is 1. The molecule has 0 radical (unpaired) electrons. The van der Waals surface area contributed by atoms with Crippen LogP contribution in [-0.4, -0.2) is 30.2 Å². The van der Waals surface area contributed by atoms with Crippen LogP contribution in [0.4, 0.5) is 4.79 Å². The summed E-state index contributed by atoms with van der Waals surface area (Å²) >= 11 is 0. The molecule has 0 bridgehead atoms. The summed E-state index contributed by atoms with van der Waals surface area (Å²) in [7, 11) is 0. The predicted octanol–water partition coefficient (Wildman–Crippen LogP) is 2.80. The fraction of sp³-hybridized carbons (Fsp3) is 0.800. The van der Waals surface area contributed by atoms with E-state index in [2.05, 4.69) is 5.32 Å². The summed E-state index contributed by atoms with van der Waals surface area (Å²) < 4.78 is 9.79. The van der Waals surface area contributed by atoms with Crippen LogP contribution in [0.2, 0.25) is 0 Å². The van der Waals surface area contributed by atoms with Crippen LogP contribution in [0.15, 0.2) is 0 Å². The Morgan fingerprint density at radius 1 is 0.952 bits per heavy atom. The number of amides is 1. The Balaban J connectivity index is 3.75. The van der Waals surface area contributed by atoms with E-state index in [1.807, 2.05) is 0 Å². The molecule has 21 heavy (non-hydrogen) atoms. The van der Waals surface area contributed by atoms with Crippen molar-refractivity contribution in [1.82, 2.24) is 5.32 Å². The van der Waals surface area contributed by atoms with E-state index in [4.69, 9.17) is 9.47 Å². The Bertz CT molecular complexity index is 377. The molecule has 0 rings (SSSR count). The van der Waals surface area contributed by atoms with Gasteiger partial charge in [-0.25, -0.2) is 4.79 Å². The lowest BCUT2D eigenvalue weighted by Crippen LogP contribution is -2.33. The molecule has 0 aliphatic heterocycles. The van der Waals surface area contributed by atoms with E-state index in [0.29, 0.717) is 19.4 Å². The molecule has 0 aliphatic rings. The van der Waals surface area contributed by atoms with Gasteiger partial charge in [-0.1, -0.05) is 0 Å². The van der Waals surface area contributed by atoms with E-state index < -0.39 is 29.0 Å². The third-order valence-electron chi connectivity index (χ3n) is 2.29. The van der Waals surface area contributed by atoms with Crippen molar-refractivity contribution < 1.29 is 23.9 Å². The van der Waals surface area contributed by atoms with Crippen LogP contribution < -0.4 is 5.32 Å². The Morgan fingerprint density at radius 3 is 2.00 bits per heavy atom. The van der Waals surface area contributed by atoms with Gasteiger partial charge in [0.1, 0.15) is 5.60 Å². The maximum Gasteiger partial charge on any atom is 0.407 e. The highest BCUT2D eigenvalue weighted by Gasteiger charge is 2.25. The van der Waals surface area contributed by atoms with E-state index in [1.54, 1.807) is 41.5 Å². The minimum atomic E-state index is -0.687. The lowest BCUT2D eigenvalue weighted by molar-refractivity contribution is -0.165. The maximum atomic E-state index is 11.5. The van der Waals surface area contributed by atoms with Crippen LogP contribution in [0.25, 0.3) is 0 Å². The van der Waals surface area contributed by atoms with Crippen molar-refractivity contribution in [3.8, 4) is 0 Å². The lowest BCUT2D eigenvalue weighted by Gasteiger charge is -2.19. The SMILES string of the molecule is CC(C)(C)OC(=O)NCCCCC(=O)OC(=O)C(C)(C)C. The van der Waals surface area contributed by atoms with Crippen molar-refractivity contribution in [3.63, 3.8) is 0 Å². The largest absolute Gasteiger partial charge is 0.444 e. The highest BCUT2D eigenvalue weighted by Crippen LogP contribution is 2.15. The van der Waals surface area contributed by atoms with Crippen LogP contribution in [-0.2, 0) is 19.1 Å². The molecule has 0 spiro atoms. The quantitative estimate of drug-likeness (QED) is 0.479. The fourth-order valence-electron chi connectivity index (χ4n) is 1.21. The van der Waals surface area contributed by atoms with Crippen LogP contribution in [0.1, 0.15) is 60.8 Å². The summed E-state index contributed by atoms with van der Waals surface area (Å²) in [6, 6.07) is 0. The average Bonchev–Trinajstić information content (AvgIpc) is 2.24. The third kappa shape index (κ3) is 10.8. The molecule has 1 amide bonds. The molecule has 0 aromatic heterocycles. The molecule has 0 aliphatic carbocycles. The zero-order valence-corrected chi connectivity index (χ0v) is 13.9. The molecular formula is C15H27NO5. The van der Waals surface area contributed by atoms with Gasteiger partial charge in [0.05, 0.1) is 5.41 Å². The lowest BCUT2D eigenvalue weighted by atomic mass is 9.97. The second kappa shape index (κ2) is 8.00. The van der Waals surface area contributed by atoms with Gasteiger partial charge >= 0.3 is 18.0 Å². The van der Waals surface area contributed by atoms with Gasteiger partial charge in [0.25, 0.3) is 0 Å². The number of carbonyl (C=O) groups is 3. The first-order valence-electron chi connectivity index (χ1n) is 7.14. The number of rotatable bonds is 5. The van der Waals surface area contributed by atoms with E-state index >= 15 is 0 Å². The minimum Gasteiger partial charge on any atom is -0.444 e. The van der Waals surface area contributed by atoms with Crippen molar-refractivity contribution in [2.24, 2.45) is 5.41 Å². The van der Waals surface area contributed by atoms with Gasteiger partial charge < -0.3 is 14.8 Å². The van der Waals surface area contributed by atoms with E-state index in [-0.39, 0.29) is 6.42 Å². The second-order valence-corrected chi connectivity index (χ2v) is 6.90. The summed E-state index contributed by atoms with van der Waals surface area (Å²) in [5, 5.41) is 2.60. The highest BCUT2D eigenvalue weighted by atomic mass is 16.6. The molecule has 122 valence electrons. The first-order chi connectivity index (χ1) is 9.42. The van der Waals surface area contributed by atoms with Crippen LogP contribution in [0, 0.1) is 5.41 Å². The van der Waals surface area contributed by atoms with Crippen molar-refractivity contribution in [2.45, 2.75) is 66.4 Å². The number of hydrogen-bond donors (Lipinski definition) is 1. The second-order valence-electron chi connectivity index (χ2n) is 6.90. The van der Waals surface area contributed by atoms with Gasteiger partial charge in [0.15, 0.2) is 0 Å². The first-order valence-corrected chi connectivity index (χ1v) is 7.14. The summed E-state index contributed by atoms with van der Waals surface area (Å²) in [6.07, 6.45) is 0.815. The van der Waals surface area contributed by atoms with E-state index in [9.17, 15) is 14.4 Å². The normalized spacial score (nSPS) is 11.7. The standard InChI is InChI=1S/C15H27NO5/c1-14(2,3)12(18)20-11(17)9-7-8-10-16-13(19)21-15(4,5)6/h7-10H2,1-6H3,(H,16,19). The zero-order chi connectivity index (χ0) is 16.7. The minimum absolute atomic E-state index is 0.151. The maximum absolute atomic E-state index is 11.5.